The van der Waals surface area contributed by atoms with Gasteiger partial charge in [0, 0.05) is 12.2 Å². The highest BCUT2D eigenvalue weighted by Gasteiger charge is 2.38. The van der Waals surface area contributed by atoms with E-state index in [0.29, 0.717) is 17.9 Å². The highest BCUT2D eigenvalue weighted by atomic mass is 16.4. The number of nitriles is 1. The van der Waals surface area contributed by atoms with E-state index >= 15 is 0 Å². The number of carboxylic acids is 1. The van der Waals surface area contributed by atoms with Crippen LogP contribution in [0.1, 0.15) is 24.6 Å². The third-order valence-electron chi connectivity index (χ3n) is 3.36. The minimum atomic E-state index is -0.854. The van der Waals surface area contributed by atoms with Crippen LogP contribution >= 0.6 is 0 Å². The molecule has 1 aromatic heterocycles. The summed E-state index contributed by atoms with van der Waals surface area (Å²) in [7, 11) is 0. The first kappa shape index (κ1) is 12.4. The molecule has 18 heavy (non-hydrogen) atoms. The Morgan fingerprint density at radius 2 is 2.33 bits per heavy atom. The first-order valence-corrected chi connectivity index (χ1v) is 5.91. The lowest BCUT2D eigenvalue weighted by atomic mass is 10.0. The van der Waals surface area contributed by atoms with Crippen LogP contribution in [0.25, 0.3) is 0 Å². The van der Waals surface area contributed by atoms with Gasteiger partial charge in [-0.05, 0) is 31.4 Å². The number of carbonyl (C=O) groups is 1. The number of nitrogens with zero attached hydrogens (tertiary/aromatic N) is 3. The molecular weight excluding hydrogens is 230 g/mol. The van der Waals surface area contributed by atoms with Crippen molar-refractivity contribution in [1.29, 1.82) is 5.26 Å². The van der Waals surface area contributed by atoms with Crippen LogP contribution in [-0.2, 0) is 4.79 Å². The molecule has 5 heteroatoms. The predicted octanol–water partition coefficient (Wildman–Crippen LogP) is 1.56. The summed E-state index contributed by atoms with van der Waals surface area (Å²) in [6.45, 7) is 4.38. The molecule has 94 valence electrons. The lowest BCUT2D eigenvalue weighted by molar-refractivity contribution is -0.139. The Morgan fingerprint density at radius 3 is 2.94 bits per heavy atom. The Balaban J connectivity index is 2.45. The van der Waals surface area contributed by atoms with Gasteiger partial charge in [-0.2, -0.15) is 5.26 Å². The van der Waals surface area contributed by atoms with Crippen LogP contribution in [0, 0.1) is 24.2 Å². The molecule has 5 nitrogen and oxygen atoms in total. The number of pyridine rings is 1. The predicted molar refractivity (Wildman–Crippen MR) is 66.2 cm³/mol. The van der Waals surface area contributed by atoms with E-state index in [1.165, 1.54) is 0 Å². The van der Waals surface area contributed by atoms with E-state index in [9.17, 15) is 9.90 Å². The average molecular weight is 245 g/mol. The van der Waals surface area contributed by atoms with E-state index in [0.717, 1.165) is 12.1 Å². The zero-order valence-electron chi connectivity index (χ0n) is 10.4. The second kappa shape index (κ2) is 4.65. The van der Waals surface area contributed by atoms with E-state index in [-0.39, 0.29) is 5.92 Å². The Hall–Kier alpha value is -2.09. The number of aryl methyl sites for hydroxylation is 1. The fourth-order valence-corrected chi connectivity index (χ4v) is 2.41. The SMILES string of the molecule is Cc1ccc(C#N)c(N2CCC(C)C2C(=O)O)n1. The van der Waals surface area contributed by atoms with E-state index in [4.69, 9.17) is 5.26 Å². The molecule has 0 saturated carbocycles. The maximum atomic E-state index is 11.3. The van der Waals surface area contributed by atoms with Crippen molar-refractivity contribution in [3.63, 3.8) is 0 Å². The highest BCUT2D eigenvalue weighted by Crippen LogP contribution is 2.30. The lowest BCUT2D eigenvalue weighted by Crippen LogP contribution is -2.40. The van der Waals surface area contributed by atoms with Crippen molar-refractivity contribution < 1.29 is 9.90 Å². The molecule has 0 bridgehead atoms. The van der Waals surface area contributed by atoms with Gasteiger partial charge in [0.1, 0.15) is 17.9 Å². The Morgan fingerprint density at radius 1 is 1.61 bits per heavy atom. The third-order valence-corrected chi connectivity index (χ3v) is 3.36. The van der Waals surface area contributed by atoms with Crippen LogP contribution < -0.4 is 4.90 Å². The second-order valence-electron chi connectivity index (χ2n) is 4.68. The molecule has 1 N–H and O–H groups in total. The fraction of sp³-hybridized carbons (Fsp3) is 0.462. The minimum Gasteiger partial charge on any atom is -0.480 e. The van der Waals surface area contributed by atoms with Crippen molar-refractivity contribution in [1.82, 2.24) is 4.98 Å². The van der Waals surface area contributed by atoms with E-state index in [1.54, 1.807) is 17.0 Å². The number of rotatable bonds is 2. The van der Waals surface area contributed by atoms with Gasteiger partial charge in [-0.15, -0.1) is 0 Å². The van der Waals surface area contributed by atoms with Gasteiger partial charge in [-0.1, -0.05) is 6.92 Å². The van der Waals surface area contributed by atoms with Gasteiger partial charge in [-0.3, -0.25) is 0 Å². The van der Waals surface area contributed by atoms with Gasteiger partial charge in [0.2, 0.25) is 0 Å². The van der Waals surface area contributed by atoms with Crippen molar-refractivity contribution in [2.45, 2.75) is 26.3 Å². The Bertz CT molecular complexity index is 521. The third kappa shape index (κ3) is 2.02. The van der Waals surface area contributed by atoms with Crippen molar-refractivity contribution >= 4 is 11.8 Å². The summed E-state index contributed by atoms with van der Waals surface area (Å²) < 4.78 is 0. The normalized spacial score (nSPS) is 22.8. The van der Waals surface area contributed by atoms with Gasteiger partial charge < -0.3 is 10.0 Å². The van der Waals surface area contributed by atoms with Crippen LogP contribution in [0.2, 0.25) is 0 Å². The summed E-state index contributed by atoms with van der Waals surface area (Å²) in [5, 5.41) is 18.4. The molecular formula is C13H15N3O2. The van der Waals surface area contributed by atoms with Gasteiger partial charge in [0.05, 0.1) is 5.56 Å². The molecule has 0 aliphatic carbocycles. The van der Waals surface area contributed by atoms with E-state index in [1.807, 2.05) is 13.8 Å². The highest BCUT2D eigenvalue weighted by molar-refractivity contribution is 5.79. The van der Waals surface area contributed by atoms with Crippen molar-refractivity contribution in [2.24, 2.45) is 5.92 Å². The molecule has 1 aliphatic heterocycles. The summed E-state index contributed by atoms with van der Waals surface area (Å²) in [4.78, 5) is 17.4. The van der Waals surface area contributed by atoms with Gasteiger partial charge in [0.25, 0.3) is 0 Å². The quantitative estimate of drug-likeness (QED) is 0.855. The number of carboxylic acid groups (broad SMARTS) is 1. The van der Waals surface area contributed by atoms with Gasteiger partial charge in [0.15, 0.2) is 0 Å². The van der Waals surface area contributed by atoms with Crippen molar-refractivity contribution in [3.8, 4) is 6.07 Å². The van der Waals surface area contributed by atoms with Crippen molar-refractivity contribution in [2.75, 3.05) is 11.4 Å². The maximum Gasteiger partial charge on any atom is 0.326 e. The molecule has 2 heterocycles. The molecule has 0 aromatic carbocycles. The molecule has 0 radical (unpaired) electrons. The second-order valence-corrected chi connectivity index (χ2v) is 4.68. The first-order valence-electron chi connectivity index (χ1n) is 5.91. The number of anilines is 1. The number of aliphatic carboxylic acids is 1. The molecule has 2 unspecified atom stereocenters. The van der Waals surface area contributed by atoms with Gasteiger partial charge >= 0.3 is 5.97 Å². The Kier molecular flexibility index (Phi) is 3.19. The van der Waals surface area contributed by atoms with E-state index in [2.05, 4.69) is 11.1 Å². The standard InChI is InChI=1S/C13H15N3O2/c1-8-5-6-16(11(8)13(17)18)12-10(7-14)4-3-9(2)15-12/h3-4,8,11H,5-6H2,1-2H3,(H,17,18). The summed E-state index contributed by atoms with van der Waals surface area (Å²) in [6.07, 6.45) is 0.803. The zero-order chi connectivity index (χ0) is 13.3. The molecule has 1 aliphatic rings. The monoisotopic (exact) mass is 245 g/mol. The summed E-state index contributed by atoms with van der Waals surface area (Å²) in [6, 6.07) is 4.94. The van der Waals surface area contributed by atoms with Crippen LogP contribution in [0.5, 0.6) is 0 Å². The minimum absolute atomic E-state index is 0.0661. The molecule has 2 rings (SSSR count). The zero-order valence-corrected chi connectivity index (χ0v) is 10.4. The van der Waals surface area contributed by atoms with Crippen molar-refractivity contribution in [3.05, 3.63) is 23.4 Å². The molecule has 2 atom stereocenters. The topological polar surface area (TPSA) is 77.2 Å². The first-order chi connectivity index (χ1) is 8.54. The molecule has 1 aromatic rings. The smallest absolute Gasteiger partial charge is 0.326 e. The van der Waals surface area contributed by atoms with Crippen LogP contribution in [0.3, 0.4) is 0 Å². The molecule has 1 saturated heterocycles. The Labute approximate surface area is 106 Å². The van der Waals surface area contributed by atoms with Crippen LogP contribution in [0.15, 0.2) is 12.1 Å². The largest absolute Gasteiger partial charge is 0.480 e. The van der Waals surface area contributed by atoms with Gasteiger partial charge in [-0.25, -0.2) is 9.78 Å². The summed E-state index contributed by atoms with van der Waals surface area (Å²) >= 11 is 0. The molecule has 0 spiro atoms. The lowest BCUT2D eigenvalue weighted by Gasteiger charge is -2.25. The van der Waals surface area contributed by atoms with E-state index < -0.39 is 12.0 Å². The van der Waals surface area contributed by atoms with Crippen LogP contribution in [0.4, 0.5) is 5.82 Å². The fourth-order valence-electron chi connectivity index (χ4n) is 2.41. The summed E-state index contributed by atoms with van der Waals surface area (Å²) in [5.74, 6) is -0.294. The molecule has 1 fully saturated rings. The van der Waals surface area contributed by atoms with Crippen LogP contribution in [-0.4, -0.2) is 28.6 Å². The summed E-state index contributed by atoms with van der Waals surface area (Å²) in [5.41, 5.74) is 1.22. The maximum absolute atomic E-state index is 11.3. The number of aromatic nitrogens is 1. The average Bonchev–Trinajstić information content (AvgIpc) is 2.71. The number of hydrogen-bond donors (Lipinski definition) is 1. The number of hydrogen-bond acceptors (Lipinski definition) is 4. The molecule has 0 amide bonds.